The van der Waals surface area contributed by atoms with E-state index in [0.29, 0.717) is 16.7 Å². The molecule has 26 heavy (non-hydrogen) atoms. The smallest absolute Gasteiger partial charge is 0.456 e. The van der Waals surface area contributed by atoms with Gasteiger partial charge in [-0.1, -0.05) is 18.2 Å². The molecule has 0 aliphatic carbocycles. The molecular formula is C19H17F3O4. The summed E-state index contributed by atoms with van der Waals surface area (Å²) >= 11 is 0. The average Bonchev–Trinajstić information content (AvgIpc) is 2.52. The van der Waals surface area contributed by atoms with E-state index < -0.39 is 23.7 Å². The zero-order chi connectivity index (χ0) is 19.5. The number of aldehydes is 1. The Morgan fingerprint density at radius 1 is 0.962 bits per heavy atom. The first-order chi connectivity index (χ1) is 12.0. The summed E-state index contributed by atoms with van der Waals surface area (Å²) < 4.78 is 46.6. The van der Waals surface area contributed by atoms with E-state index in [-0.39, 0.29) is 11.8 Å². The maximum Gasteiger partial charge on any atom is 0.573 e. The molecule has 0 radical (unpaired) electrons. The monoisotopic (exact) mass is 366 g/mol. The second kappa shape index (κ2) is 7.19. The number of carbonyl (C=O) groups is 2. The van der Waals surface area contributed by atoms with Crippen LogP contribution in [0.4, 0.5) is 13.2 Å². The Balaban J connectivity index is 2.30. The largest absolute Gasteiger partial charge is 0.573 e. The minimum atomic E-state index is -4.91. The normalized spacial score (nSPS) is 11.8. The molecule has 0 aliphatic rings. The predicted molar refractivity (Wildman–Crippen MR) is 89.1 cm³/mol. The predicted octanol–water partition coefficient (Wildman–Crippen LogP) is 5.02. The van der Waals surface area contributed by atoms with E-state index in [0.717, 1.165) is 6.07 Å². The molecule has 0 amide bonds. The van der Waals surface area contributed by atoms with Gasteiger partial charge in [0.1, 0.15) is 11.4 Å². The second-order valence-corrected chi connectivity index (χ2v) is 6.50. The van der Waals surface area contributed by atoms with Gasteiger partial charge in [-0.2, -0.15) is 0 Å². The number of hydrogen-bond donors (Lipinski definition) is 0. The highest BCUT2D eigenvalue weighted by atomic mass is 19.4. The van der Waals surface area contributed by atoms with Crippen LogP contribution < -0.4 is 4.74 Å². The van der Waals surface area contributed by atoms with E-state index in [2.05, 4.69) is 4.74 Å². The number of alkyl halides is 3. The molecule has 2 rings (SSSR count). The fraction of sp³-hybridized carbons (Fsp3) is 0.263. The van der Waals surface area contributed by atoms with Crippen LogP contribution in [-0.2, 0) is 4.74 Å². The van der Waals surface area contributed by atoms with E-state index in [1.165, 1.54) is 24.3 Å². The van der Waals surface area contributed by atoms with Gasteiger partial charge >= 0.3 is 12.3 Å². The molecule has 138 valence electrons. The summed E-state index contributed by atoms with van der Waals surface area (Å²) in [5.74, 6) is -1.08. The van der Waals surface area contributed by atoms with Crippen LogP contribution in [0.15, 0.2) is 42.5 Å². The quantitative estimate of drug-likeness (QED) is 0.563. The lowest BCUT2D eigenvalue weighted by molar-refractivity contribution is -0.274. The summed E-state index contributed by atoms with van der Waals surface area (Å²) in [4.78, 5) is 22.9. The van der Waals surface area contributed by atoms with Crippen LogP contribution in [0.5, 0.6) is 5.75 Å². The lowest BCUT2D eigenvalue weighted by atomic mass is 10.0. The van der Waals surface area contributed by atoms with E-state index in [1.54, 1.807) is 32.9 Å². The standard InChI is InChI=1S/C19H17F3O4/c1-18(2,3)26-17(24)13-6-4-12(5-7-13)14-8-9-15(11-23)16(10-14)25-19(20,21)22/h4-11H,1-3H3. The zero-order valence-electron chi connectivity index (χ0n) is 14.4. The third kappa shape index (κ3) is 5.34. The molecule has 0 N–H and O–H groups in total. The Bertz CT molecular complexity index is 803. The Morgan fingerprint density at radius 2 is 1.54 bits per heavy atom. The number of halogens is 3. The first-order valence-electron chi connectivity index (χ1n) is 7.67. The van der Waals surface area contributed by atoms with Crippen LogP contribution in [0.25, 0.3) is 11.1 Å². The van der Waals surface area contributed by atoms with Gasteiger partial charge in [-0.05, 0) is 56.2 Å². The van der Waals surface area contributed by atoms with Crippen LogP contribution in [0, 0.1) is 0 Å². The highest BCUT2D eigenvalue weighted by Gasteiger charge is 2.32. The fourth-order valence-corrected chi connectivity index (χ4v) is 2.16. The number of benzene rings is 2. The summed E-state index contributed by atoms with van der Waals surface area (Å²) in [6.45, 7) is 5.24. The Morgan fingerprint density at radius 3 is 2.04 bits per heavy atom. The lowest BCUT2D eigenvalue weighted by Crippen LogP contribution is -2.23. The van der Waals surface area contributed by atoms with Gasteiger partial charge in [0.2, 0.25) is 0 Å². The van der Waals surface area contributed by atoms with Crippen molar-refractivity contribution in [1.29, 1.82) is 0 Å². The summed E-state index contributed by atoms with van der Waals surface area (Å²) in [6, 6.07) is 10.0. The Hall–Kier alpha value is -2.83. The van der Waals surface area contributed by atoms with Crippen LogP contribution in [0.3, 0.4) is 0 Å². The highest BCUT2D eigenvalue weighted by Crippen LogP contribution is 2.31. The van der Waals surface area contributed by atoms with E-state index in [4.69, 9.17) is 4.74 Å². The molecule has 0 bridgehead atoms. The van der Waals surface area contributed by atoms with E-state index in [1.807, 2.05) is 0 Å². The number of rotatable bonds is 4. The Kier molecular flexibility index (Phi) is 5.39. The molecule has 0 unspecified atom stereocenters. The summed E-state index contributed by atoms with van der Waals surface area (Å²) in [5, 5.41) is 0. The van der Waals surface area contributed by atoms with E-state index >= 15 is 0 Å². The third-order valence-electron chi connectivity index (χ3n) is 3.22. The van der Waals surface area contributed by atoms with Crippen LogP contribution in [0.2, 0.25) is 0 Å². The van der Waals surface area contributed by atoms with Gasteiger partial charge < -0.3 is 9.47 Å². The van der Waals surface area contributed by atoms with Gasteiger partial charge in [-0.25, -0.2) is 4.79 Å². The molecular weight excluding hydrogens is 349 g/mol. The first kappa shape index (κ1) is 19.5. The van der Waals surface area contributed by atoms with Crippen molar-refractivity contribution < 1.29 is 32.2 Å². The molecule has 0 heterocycles. The molecule has 0 saturated heterocycles. The van der Waals surface area contributed by atoms with Gasteiger partial charge in [0.05, 0.1) is 11.1 Å². The topological polar surface area (TPSA) is 52.6 Å². The van der Waals surface area contributed by atoms with Crippen molar-refractivity contribution in [2.75, 3.05) is 0 Å². The van der Waals surface area contributed by atoms with Gasteiger partial charge in [-0.3, -0.25) is 4.79 Å². The third-order valence-corrected chi connectivity index (χ3v) is 3.22. The molecule has 0 fully saturated rings. The van der Waals surface area contributed by atoms with Crippen molar-refractivity contribution in [3.05, 3.63) is 53.6 Å². The van der Waals surface area contributed by atoms with Gasteiger partial charge in [0.25, 0.3) is 0 Å². The molecule has 0 aliphatic heterocycles. The number of ether oxygens (including phenoxy) is 2. The molecule has 0 atom stereocenters. The minimum absolute atomic E-state index is 0.212. The average molecular weight is 366 g/mol. The van der Waals surface area contributed by atoms with Crippen molar-refractivity contribution in [1.82, 2.24) is 0 Å². The van der Waals surface area contributed by atoms with Crippen molar-refractivity contribution in [2.45, 2.75) is 32.7 Å². The lowest BCUT2D eigenvalue weighted by Gasteiger charge is -2.19. The molecule has 2 aromatic carbocycles. The molecule has 0 aromatic heterocycles. The van der Waals surface area contributed by atoms with Crippen molar-refractivity contribution in [3.63, 3.8) is 0 Å². The van der Waals surface area contributed by atoms with Crippen LogP contribution in [-0.4, -0.2) is 24.2 Å². The second-order valence-electron chi connectivity index (χ2n) is 6.50. The number of esters is 1. The molecule has 0 saturated carbocycles. The van der Waals surface area contributed by atoms with Gasteiger partial charge in [0.15, 0.2) is 6.29 Å². The molecule has 0 spiro atoms. The van der Waals surface area contributed by atoms with Crippen molar-refractivity contribution in [3.8, 4) is 16.9 Å². The minimum Gasteiger partial charge on any atom is -0.456 e. The maximum atomic E-state index is 12.5. The Labute approximate surface area is 148 Å². The number of hydrogen-bond acceptors (Lipinski definition) is 4. The van der Waals surface area contributed by atoms with Crippen LogP contribution in [0.1, 0.15) is 41.5 Å². The summed E-state index contributed by atoms with van der Waals surface area (Å²) in [6.07, 6.45) is -4.62. The molecule has 4 nitrogen and oxygen atoms in total. The SMILES string of the molecule is CC(C)(C)OC(=O)c1ccc(-c2ccc(C=O)c(OC(F)(F)F)c2)cc1. The van der Waals surface area contributed by atoms with Gasteiger partial charge in [-0.15, -0.1) is 13.2 Å². The van der Waals surface area contributed by atoms with Gasteiger partial charge in [0, 0.05) is 0 Å². The molecule has 7 heteroatoms. The first-order valence-corrected chi connectivity index (χ1v) is 7.67. The highest BCUT2D eigenvalue weighted by molar-refractivity contribution is 5.90. The summed E-state index contributed by atoms with van der Waals surface area (Å²) in [7, 11) is 0. The number of carbonyl (C=O) groups excluding carboxylic acids is 2. The van der Waals surface area contributed by atoms with E-state index in [9.17, 15) is 22.8 Å². The maximum absolute atomic E-state index is 12.5. The molecule has 2 aromatic rings. The zero-order valence-corrected chi connectivity index (χ0v) is 14.4. The van der Waals surface area contributed by atoms with Crippen molar-refractivity contribution >= 4 is 12.3 Å². The van der Waals surface area contributed by atoms with Crippen LogP contribution >= 0.6 is 0 Å². The fourth-order valence-electron chi connectivity index (χ4n) is 2.16. The van der Waals surface area contributed by atoms with Crippen molar-refractivity contribution in [2.24, 2.45) is 0 Å². The summed E-state index contributed by atoms with van der Waals surface area (Å²) in [5.41, 5.74) is 0.438.